The molecule has 0 saturated carbocycles. The quantitative estimate of drug-likeness (QED) is 0.479. The molecule has 2 N–H and O–H groups in total. The second-order valence-corrected chi connectivity index (χ2v) is 7.60. The van der Waals surface area contributed by atoms with Crippen LogP contribution in [-0.4, -0.2) is 33.5 Å². The first-order valence-corrected chi connectivity index (χ1v) is 10.5. The van der Waals surface area contributed by atoms with E-state index in [1.807, 2.05) is 48.5 Å². The van der Waals surface area contributed by atoms with Gasteiger partial charge in [-0.25, -0.2) is 9.97 Å². The third-order valence-corrected chi connectivity index (χ3v) is 5.30. The van der Waals surface area contributed by atoms with Gasteiger partial charge in [-0.15, -0.1) is 0 Å². The highest BCUT2D eigenvalue weighted by atomic mass is 16.2. The lowest BCUT2D eigenvalue weighted by Gasteiger charge is -2.12. The number of rotatable bonds is 4. The molecule has 0 aliphatic heterocycles. The maximum Gasteiger partial charge on any atom is 0.260 e. The molecule has 1 amide bonds. The van der Waals surface area contributed by atoms with Crippen molar-refractivity contribution in [1.82, 2.24) is 19.9 Å². The van der Waals surface area contributed by atoms with E-state index in [0.29, 0.717) is 22.4 Å². The van der Waals surface area contributed by atoms with E-state index in [1.54, 1.807) is 33.2 Å². The van der Waals surface area contributed by atoms with E-state index in [9.17, 15) is 9.59 Å². The summed E-state index contributed by atoms with van der Waals surface area (Å²) in [5, 5.41) is 6.23. The molecule has 33 heavy (non-hydrogen) atoms. The smallest absolute Gasteiger partial charge is 0.260 e. The van der Waals surface area contributed by atoms with Crippen molar-refractivity contribution in [2.45, 2.75) is 13.0 Å². The molecule has 0 radical (unpaired) electrons. The van der Waals surface area contributed by atoms with Crippen molar-refractivity contribution in [2.24, 2.45) is 7.05 Å². The van der Waals surface area contributed by atoms with Gasteiger partial charge in [-0.2, -0.15) is 0 Å². The maximum atomic E-state index is 12.6. The lowest BCUT2D eigenvalue weighted by Crippen LogP contribution is -2.35. The normalized spacial score (nSPS) is 11.5. The molecule has 164 valence electrons. The standard InChI is InChI=1S/C26H23N5O2/c1-17(27-2)25(32)30-24-14-11-20(23(29-24)12-9-18-7-5-4-6-8-18)19-10-13-22-21(15-19)26(33)31(3)16-28-22/h4-8,10-11,13-17,27H,1-3H3,(H,29,30,32). The third-order valence-electron chi connectivity index (χ3n) is 5.30. The van der Waals surface area contributed by atoms with Gasteiger partial charge in [0.1, 0.15) is 11.5 Å². The van der Waals surface area contributed by atoms with Gasteiger partial charge in [-0.05, 0) is 61.9 Å². The van der Waals surface area contributed by atoms with Gasteiger partial charge in [0.05, 0.1) is 23.3 Å². The van der Waals surface area contributed by atoms with Crippen molar-refractivity contribution in [3.05, 3.63) is 88.6 Å². The highest BCUT2D eigenvalue weighted by molar-refractivity contribution is 5.94. The molecule has 1 atom stereocenters. The predicted molar refractivity (Wildman–Crippen MR) is 130 cm³/mol. The van der Waals surface area contributed by atoms with Crippen LogP contribution in [0.5, 0.6) is 0 Å². The summed E-state index contributed by atoms with van der Waals surface area (Å²) in [4.78, 5) is 33.8. The molecule has 4 rings (SSSR count). The fourth-order valence-corrected chi connectivity index (χ4v) is 3.25. The van der Waals surface area contributed by atoms with Crippen LogP contribution >= 0.6 is 0 Å². The summed E-state index contributed by atoms with van der Waals surface area (Å²) in [6, 6.07) is 18.3. The molecule has 2 heterocycles. The first-order valence-electron chi connectivity index (χ1n) is 10.5. The summed E-state index contributed by atoms with van der Waals surface area (Å²) in [6.45, 7) is 1.77. The van der Waals surface area contributed by atoms with Crippen LogP contribution in [0.1, 0.15) is 18.2 Å². The number of amides is 1. The zero-order valence-corrected chi connectivity index (χ0v) is 18.6. The van der Waals surface area contributed by atoms with Gasteiger partial charge in [0.2, 0.25) is 5.91 Å². The number of aromatic nitrogens is 3. The average molecular weight is 438 g/mol. The van der Waals surface area contributed by atoms with Crippen LogP contribution in [0.3, 0.4) is 0 Å². The van der Waals surface area contributed by atoms with Gasteiger partial charge in [0.15, 0.2) is 0 Å². The van der Waals surface area contributed by atoms with Crippen molar-refractivity contribution in [3.8, 4) is 23.0 Å². The lowest BCUT2D eigenvalue weighted by atomic mass is 10.0. The van der Waals surface area contributed by atoms with Gasteiger partial charge < -0.3 is 15.2 Å². The van der Waals surface area contributed by atoms with Crippen LogP contribution in [0, 0.1) is 11.8 Å². The van der Waals surface area contributed by atoms with Gasteiger partial charge >= 0.3 is 0 Å². The number of benzene rings is 2. The molecule has 0 spiro atoms. The Kier molecular flexibility index (Phi) is 6.29. The molecule has 1 unspecified atom stereocenters. The molecule has 7 heteroatoms. The molecular weight excluding hydrogens is 414 g/mol. The fourth-order valence-electron chi connectivity index (χ4n) is 3.25. The molecule has 2 aromatic carbocycles. The number of aryl methyl sites for hydroxylation is 1. The third kappa shape index (κ3) is 4.81. The Morgan fingerprint density at radius 2 is 1.85 bits per heavy atom. The molecule has 0 bridgehead atoms. The van der Waals surface area contributed by atoms with E-state index in [1.165, 1.54) is 10.9 Å². The number of nitrogens with one attached hydrogen (secondary N) is 2. The minimum Gasteiger partial charge on any atom is -0.309 e. The second-order valence-electron chi connectivity index (χ2n) is 7.60. The zero-order valence-electron chi connectivity index (χ0n) is 18.6. The van der Waals surface area contributed by atoms with Crippen molar-refractivity contribution in [3.63, 3.8) is 0 Å². The fraction of sp³-hybridized carbons (Fsp3) is 0.154. The monoisotopic (exact) mass is 437 g/mol. The number of fused-ring (bicyclic) bond motifs is 1. The molecule has 0 fully saturated rings. The first-order chi connectivity index (χ1) is 16.0. The number of hydrogen-bond donors (Lipinski definition) is 2. The summed E-state index contributed by atoms with van der Waals surface area (Å²) >= 11 is 0. The number of anilines is 1. The minimum absolute atomic E-state index is 0.128. The number of likely N-dealkylation sites (N-methyl/N-ethyl adjacent to an activating group) is 1. The Morgan fingerprint density at radius 1 is 1.06 bits per heavy atom. The van der Waals surface area contributed by atoms with E-state index in [2.05, 4.69) is 32.4 Å². The number of hydrogen-bond acceptors (Lipinski definition) is 5. The van der Waals surface area contributed by atoms with Crippen molar-refractivity contribution in [2.75, 3.05) is 12.4 Å². The highest BCUT2D eigenvalue weighted by Crippen LogP contribution is 2.26. The molecule has 0 saturated heterocycles. The summed E-state index contributed by atoms with van der Waals surface area (Å²) in [6.07, 6.45) is 1.51. The topological polar surface area (TPSA) is 88.9 Å². The maximum absolute atomic E-state index is 12.6. The van der Waals surface area contributed by atoms with E-state index >= 15 is 0 Å². The van der Waals surface area contributed by atoms with Crippen LogP contribution in [0.4, 0.5) is 5.82 Å². The highest BCUT2D eigenvalue weighted by Gasteiger charge is 2.14. The Balaban J connectivity index is 1.82. The van der Waals surface area contributed by atoms with E-state index in [-0.39, 0.29) is 17.5 Å². The Morgan fingerprint density at radius 3 is 2.61 bits per heavy atom. The van der Waals surface area contributed by atoms with Gasteiger partial charge in [-0.1, -0.05) is 30.2 Å². The summed E-state index contributed by atoms with van der Waals surface area (Å²) in [7, 11) is 3.39. The second kappa shape index (κ2) is 9.47. The zero-order chi connectivity index (χ0) is 23.4. The Labute approximate surface area is 191 Å². The van der Waals surface area contributed by atoms with Crippen molar-refractivity contribution >= 4 is 22.6 Å². The number of carbonyl (C=O) groups is 1. The Bertz CT molecular complexity index is 1450. The molecule has 7 nitrogen and oxygen atoms in total. The van der Waals surface area contributed by atoms with Crippen molar-refractivity contribution in [1.29, 1.82) is 0 Å². The Hall–Kier alpha value is -4.28. The predicted octanol–water partition coefficient (Wildman–Crippen LogP) is 2.94. The SMILES string of the molecule is CNC(C)C(=O)Nc1ccc(-c2ccc3ncn(C)c(=O)c3c2)c(C#Cc2ccccc2)n1. The number of pyridine rings is 1. The van der Waals surface area contributed by atoms with Crippen LogP contribution < -0.4 is 16.2 Å². The van der Waals surface area contributed by atoms with Crippen LogP contribution in [0.15, 0.2) is 71.8 Å². The summed E-state index contributed by atoms with van der Waals surface area (Å²) in [5.74, 6) is 6.47. The van der Waals surface area contributed by atoms with Gasteiger partial charge in [-0.3, -0.25) is 9.59 Å². The van der Waals surface area contributed by atoms with Gasteiger partial charge in [0, 0.05) is 18.2 Å². The van der Waals surface area contributed by atoms with Crippen LogP contribution in [0.2, 0.25) is 0 Å². The van der Waals surface area contributed by atoms with E-state index < -0.39 is 0 Å². The largest absolute Gasteiger partial charge is 0.309 e. The molecule has 0 aliphatic rings. The molecule has 4 aromatic rings. The minimum atomic E-state index is -0.366. The van der Waals surface area contributed by atoms with E-state index in [0.717, 1.165) is 16.7 Å². The van der Waals surface area contributed by atoms with E-state index in [4.69, 9.17) is 0 Å². The lowest BCUT2D eigenvalue weighted by molar-refractivity contribution is -0.117. The molecular formula is C26H23N5O2. The summed E-state index contributed by atoms with van der Waals surface area (Å²) < 4.78 is 1.45. The number of nitrogens with zero attached hydrogens (tertiary/aromatic N) is 3. The summed E-state index contributed by atoms with van der Waals surface area (Å²) in [5.41, 5.74) is 3.38. The average Bonchev–Trinajstić information content (AvgIpc) is 2.85. The first kappa shape index (κ1) is 21.9. The van der Waals surface area contributed by atoms with Crippen LogP contribution in [0.25, 0.3) is 22.0 Å². The number of carbonyl (C=O) groups excluding carboxylic acids is 1. The van der Waals surface area contributed by atoms with Crippen LogP contribution in [-0.2, 0) is 11.8 Å². The van der Waals surface area contributed by atoms with Gasteiger partial charge in [0.25, 0.3) is 5.56 Å². The molecule has 2 aromatic heterocycles. The molecule has 0 aliphatic carbocycles. The van der Waals surface area contributed by atoms with Crippen molar-refractivity contribution < 1.29 is 4.79 Å².